The summed E-state index contributed by atoms with van der Waals surface area (Å²) in [6.07, 6.45) is 1.93. The van der Waals surface area contributed by atoms with Crippen LogP contribution in [0.3, 0.4) is 0 Å². The van der Waals surface area contributed by atoms with Gasteiger partial charge in [0.05, 0.1) is 6.54 Å². The van der Waals surface area contributed by atoms with Crippen molar-refractivity contribution in [3.63, 3.8) is 0 Å². The first-order chi connectivity index (χ1) is 7.56. The van der Waals surface area contributed by atoms with E-state index in [9.17, 15) is 14.4 Å². The molecule has 0 aromatic heterocycles. The van der Waals surface area contributed by atoms with Gasteiger partial charge in [0.2, 0.25) is 12.3 Å². The Morgan fingerprint density at radius 3 is 2.69 bits per heavy atom. The Balaban J connectivity index is 3.49. The van der Waals surface area contributed by atoms with Gasteiger partial charge in [-0.15, -0.1) is 0 Å². The zero-order valence-electron chi connectivity index (χ0n) is 9.29. The summed E-state index contributed by atoms with van der Waals surface area (Å²) in [6, 6.07) is -0.553. The monoisotopic (exact) mass is 230 g/mol. The van der Waals surface area contributed by atoms with Crippen LogP contribution in [0.15, 0.2) is 0 Å². The molecule has 7 heteroatoms. The quantitative estimate of drug-likeness (QED) is 0.306. The van der Waals surface area contributed by atoms with E-state index in [4.69, 9.17) is 5.73 Å². The molecule has 0 rings (SSSR count). The van der Waals surface area contributed by atoms with Crippen LogP contribution in [-0.4, -0.2) is 37.5 Å². The molecule has 1 unspecified atom stereocenters. The summed E-state index contributed by atoms with van der Waals surface area (Å²) in [5.74, 6) is -0.234. The number of carbonyl (C=O) groups excluding carboxylic acids is 3. The molecule has 4 amide bonds. The van der Waals surface area contributed by atoms with E-state index in [0.29, 0.717) is 13.0 Å². The molecule has 0 saturated carbocycles. The molecule has 16 heavy (non-hydrogen) atoms. The SMILES string of the molecule is CC(CCCNC(N)=O)NC(=O)CNC=O. The summed E-state index contributed by atoms with van der Waals surface area (Å²) in [6.45, 7) is 2.32. The summed E-state index contributed by atoms with van der Waals surface area (Å²) in [7, 11) is 0. The average Bonchev–Trinajstić information content (AvgIpc) is 2.21. The van der Waals surface area contributed by atoms with Gasteiger partial charge in [0.1, 0.15) is 0 Å². The third-order valence-electron chi connectivity index (χ3n) is 1.87. The van der Waals surface area contributed by atoms with Crippen molar-refractivity contribution in [2.24, 2.45) is 5.73 Å². The Labute approximate surface area is 94.1 Å². The van der Waals surface area contributed by atoms with Crippen molar-refractivity contribution >= 4 is 18.3 Å². The molecule has 7 nitrogen and oxygen atoms in total. The molecule has 0 aromatic rings. The second-order valence-corrected chi connectivity index (χ2v) is 3.40. The van der Waals surface area contributed by atoms with E-state index in [-0.39, 0.29) is 18.5 Å². The summed E-state index contributed by atoms with van der Waals surface area (Å²) in [4.78, 5) is 31.4. The molecule has 0 aliphatic rings. The first-order valence-corrected chi connectivity index (χ1v) is 5.06. The number of hydrogen-bond donors (Lipinski definition) is 4. The largest absolute Gasteiger partial charge is 0.352 e. The normalized spacial score (nSPS) is 11.3. The molecule has 0 aromatic carbocycles. The van der Waals surface area contributed by atoms with Gasteiger partial charge in [0, 0.05) is 12.6 Å². The second-order valence-electron chi connectivity index (χ2n) is 3.40. The van der Waals surface area contributed by atoms with Crippen molar-refractivity contribution in [2.45, 2.75) is 25.8 Å². The molecular formula is C9H18N4O3. The van der Waals surface area contributed by atoms with Crippen LogP contribution >= 0.6 is 0 Å². The van der Waals surface area contributed by atoms with Crippen LogP contribution in [-0.2, 0) is 9.59 Å². The van der Waals surface area contributed by atoms with E-state index in [1.165, 1.54) is 0 Å². The van der Waals surface area contributed by atoms with Crippen LogP contribution in [0.2, 0.25) is 0 Å². The number of amides is 4. The maximum Gasteiger partial charge on any atom is 0.312 e. The standard InChI is InChI=1S/C9H18N4O3/c1-7(3-2-4-12-9(10)16)13-8(15)5-11-6-14/h6-7H,2-5H2,1H3,(H,11,14)(H,13,15)(H3,10,12,16). The lowest BCUT2D eigenvalue weighted by Crippen LogP contribution is -2.39. The Kier molecular flexibility index (Phi) is 7.56. The van der Waals surface area contributed by atoms with Crippen molar-refractivity contribution in [3.05, 3.63) is 0 Å². The molecule has 0 aliphatic heterocycles. The van der Waals surface area contributed by atoms with E-state index >= 15 is 0 Å². The zero-order chi connectivity index (χ0) is 12.4. The number of urea groups is 1. The van der Waals surface area contributed by atoms with Gasteiger partial charge in [-0.05, 0) is 19.8 Å². The van der Waals surface area contributed by atoms with Crippen LogP contribution < -0.4 is 21.7 Å². The molecule has 5 N–H and O–H groups in total. The number of hydrogen-bond acceptors (Lipinski definition) is 3. The van der Waals surface area contributed by atoms with Crippen molar-refractivity contribution < 1.29 is 14.4 Å². The van der Waals surface area contributed by atoms with E-state index < -0.39 is 6.03 Å². The van der Waals surface area contributed by atoms with Crippen LogP contribution in [0.1, 0.15) is 19.8 Å². The molecule has 1 atom stereocenters. The van der Waals surface area contributed by atoms with E-state index in [0.717, 1.165) is 12.8 Å². The van der Waals surface area contributed by atoms with Gasteiger partial charge in [-0.3, -0.25) is 9.59 Å². The third kappa shape index (κ3) is 8.79. The number of nitrogens with two attached hydrogens (primary N) is 1. The van der Waals surface area contributed by atoms with Gasteiger partial charge < -0.3 is 21.7 Å². The van der Waals surface area contributed by atoms with Gasteiger partial charge in [-0.1, -0.05) is 0 Å². The summed E-state index contributed by atoms with van der Waals surface area (Å²) < 4.78 is 0. The van der Waals surface area contributed by atoms with Crippen molar-refractivity contribution in [1.29, 1.82) is 0 Å². The van der Waals surface area contributed by atoms with Gasteiger partial charge in [-0.25, -0.2) is 4.79 Å². The Morgan fingerprint density at radius 2 is 2.12 bits per heavy atom. The molecule has 0 spiro atoms. The van der Waals surface area contributed by atoms with Gasteiger partial charge >= 0.3 is 6.03 Å². The smallest absolute Gasteiger partial charge is 0.312 e. The molecule has 0 bridgehead atoms. The molecule has 0 aliphatic carbocycles. The maximum absolute atomic E-state index is 11.1. The van der Waals surface area contributed by atoms with Crippen LogP contribution in [0.5, 0.6) is 0 Å². The van der Waals surface area contributed by atoms with Gasteiger partial charge in [0.15, 0.2) is 0 Å². The highest BCUT2D eigenvalue weighted by Crippen LogP contribution is 1.94. The summed E-state index contributed by atoms with van der Waals surface area (Å²) >= 11 is 0. The van der Waals surface area contributed by atoms with Crippen LogP contribution in [0, 0.1) is 0 Å². The predicted octanol–water partition coefficient (Wildman–Crippen LogP) is -1.31. The van der Waals surface area contributed by atoms with E-state index in [1.54, 1.807) is 0 Å². The van der Waals surface area contributed by atoms with Gasteiger partial charge in [-0.2, -0.15) is 0 Å². The maximum atomic E-state index is 11.1. The second kappa shape index (κ2) is 8.51. The van der Waals surface area contributed by atoms with Crippen LogP contribution in [0.25, 0.3) is 0 Å². The lowest BCUT2D eigenvalue weighted by molar-refractivity contribution is -0.122. The predicted molar refractivity (Wildman–Crippen MR) is 58.5 cm³/mol. The highest BCUT2D eigenvalue weighted by atomic mass is 16.2. The fourth-order valence-electron chi connectivity index (χ4n) is 1.15. The lowest BCUT2D eigenvalue weighted by atomic mass is 10.2. The minimum atomic E-state index is -0.549. The third-order valence-corrected chi connectivity index (χ3v) is 1.87. The fraction of sp³-hybridized carbons (Fsp3) is 0.667. The summed E-state index contributed by atoms with van der Waals surface area (Å²) in [5, 5.41) is 7.42. The molecule has 0 fully saturated rings. The zero-order valence-corrected chi connectivity index (χ0v) is 9.29. The minimum absolute atomic E-state index is 0.00405. The molecule has 92 valence electrons. The summed E-state index contributed by atoms with van der Waals surface area (Å²) in [5.41, 5.74) is 4.88. The first kappa shape index (κ1) is 14.2. The number of primary amides is 1. The molecule has 0 radical (unpaired) electrons. The Hall–Kier alpha value is -1.79. The molecular weight excluding hydrogens is 212 g/mol. The topological polar surface area (TPSA) is 113 Å². The fourth-order valence-corrected chi connectivity index (χ4v) is 1.15. The highest BCUT2D eigenvalue weighted by Gasteiger charge is 2.06. The number of rotatable bonds is 8. The van der Waals surface area contributed by atoms with E-state index in [2.05, 4.69) is 16.0 Å². The van der Waals surface area contributed by atoms with Crippen molar-refractivity contribution in [2.75, 3.05) is 13.1 Å². The lowest BCUT2D eigenvalue weighted by Gasteiger charge is -2.13. The minimum Gasteiger partial charge on any atom is -0.352 e. The Bertz CT molecular complexity index is 245. The van der Waals surface area contributed by atoms with Crippen molar-refractivity contribution in [3.8, 4) is 0 Å². The highest BCUT2D eigenvalue weighted by molar-refractivity contribution is 5.79. The first-order valence-electron chi connectivity index (χ1n) is 5.06. The van der Waals surface area contributed by atoms with Gasteiger partial charge in [0.25, 0.3) is 0 Å². The van der Waals surface area contributed by atoms with Crippen LogP contribution in [0.4, 0.5) is 4.79 Å². The van der Waals surface area contributed by atoms with E-state index in [1.807, 2.05) is 6.92 Å². The van der Waals surface area contributed by atoms with Crippen molar-refractivity contribution in [1.82, 2.24) is 16.0 Å². The Morgan fingerprint density at radius 1 is 1.44 bits per heavy atom. The molecule has 0 heterocycles. The molecule has 0 saturated heterocycles. The average molecular weight is 230 g/mol. The number of nitrogens with one attached hydrogen (secondary N) is 3. The number of carbonyl (C=O) groups is 3.